The molecule has 1 aliphatic carbocycles. The minimum Gasteiger partial charge on any atom is -0.374 e. The van der Waals surface area contributed by atoms with Crippen LogP contribution in [0.5, 0.6) is 0 Å². The van der Waals surface area contributed by atoms with E-state index in [-0.39, 0.29) is 0 Å². The zero-order valence-corrected chi connectivity index (χ0v) is 13.0. The molecule has 0 bridgehead atoms. The Balaban J connectivity index is 2.08. The maximum absolute atomic E-state index is 3.55. The van der Waals surface area contributed by atoms with Crippen LogP contribution in [0.4, 0.5) is 5.69 Å². The third kappa shape index (κ3) is 2.94. The molecule has 2 atom stereocenters. The first-order valence-electron chi connectivity index (χ1n) is 7.40. The van der Waals surface area contributed by atoms with Crippen molar-refractivity contribution in [2.24, 2.45) is 11.3 Å². The van der Waals surface area contributed by atoms with Gasteiger partial charge in [-0.25, -0.2) is 0 Å². The Hall–Kier alpha value is -1.02. The first kappa shape index (κ1) is 14.4. The molecule has 106 valence electrons. The summed E-state index contributed by atoms with van der Waals surface area (Å²) in [5.74, 6) is 0.740. The van der Waals surface area contributed by atoms with Crippen LogP contribution in [0.1, 0.15) is 32.3 Å². The molecular weight excluding hydrogens is 232 g/mol. The first-order chi connectivity index (χ1) is 8.95. The van der Waals surface area contributed by atoms with Crippen molar-refractivity contribution in [2.45, 2.75) is 39.7 Å². The van der Waals surface area contributed by atoms with Gasteiger partial charge in [0.2, 0.25) is 0 Å². The minimum absolute atomic E-state index is 0.423. The third-order valence-corrected chi connectivity index (χ3v) is 4.82. The Morgan fingerprint density at radius 3 is 2.63 bits per heavy atom. The molecule has 2 nitrogen and oxygen atoms in total. The average Bonchev–Trinajstić information content (AvgIpc) is 2.64. The van der Waals surface area contributed by atoms with Gasteiger partial charge in [-0.05, 0) is 49.8 Å². The number of anilines is 1. The van der Waals surface area contributed by atoms with Crippen molar-refractivity contribution in [3.05, 3.63) is 29.8 Å². The number of benzene rings is 1. The lowest BCUT2D eigenvalue weighted by molar-refractivity contribution is 0.263. The van der Waals surface area contributed by atoms with E-state index in [1.165, 1.54) is 24.1 Å². The predicted octanol–water partition coefficient (Wildman–Crippen LogP) is 3.46. The summed E-state index contributed by atoms with van der Waals surface area (Å²) in [4.78, 5) is 2.42. The van der Waals surface area contributed by atoms with Crippen LogP contribution < -0.4 is 10.2 Å². The van der Waals surface area contributed by atoms with Crippen molar-refractivity contribution in [3.63, 3.8) is 0 Å². The lowest BCUT2D eigenvalue weighted by Crippen LogP contribution is -2.43. The van der Waals surface area contributed by atoms with E-state index in [0.717, 1.165) is 12.5 Å². The molecule has 0 spiro atoms. The van der Waals surface area contributed by atoms with Gasteiger partial charge in [-0.15, -0.1) is 0 Å². The summed E-state index contributed by atoms with van der Waals surface area (Å²) in [6, 6.07) is 9.29. The van der Waals surface area contributed by atoms with E-state index < -0.39 is 0 Å². The van der Waals surface area contributed by atoms with Crippen molar-refractivity contribution < 1.29 is 0 Å². The maximum atomic E-state index is 3.55. The first-order valence-corrected chi connectivity index (χ1v) is 7.40. The topological polar surface area (TPSA) is 15.3 Å². The largest absolute Gasteiger partial charge is 0.374 e. The minimum atomic E-state index is 0.423. The number of nitrogens with zero attached hydrogens (tertiary/aromatic N) is 1. The highest BCUT2D eigenvalue weighted by Gasteiger charge is 2.41. The molecule has 1 aromatic carbocycles. The fourth-order valence-corrected chi connectivity index (χ4v) is 3.78. The molecule has 1 N–H and O–H groups in total. The van der Waals surface area contributed by atoms with Gasteiger partial charge in [-0.1, -0.05) is 32.0 Å². The SMILES string of the molecule is CNC1C(CN(C)c2ccccc2C)CCC1(C)C. The van der Waals surface area contributed by atoms with Gasteiger partial charge in [0.1, 0.15) is 0 Å². The fourth-order valence-electron chi connectivity index (χ4n) is 3.78. The third-order valence-electron chi connectivity index (χ3n) is 4.82. The Morgan fingerprint density at radius 1 is 1.32 bits per heavy atom. The molecule has 1 aliphatic rings. The van der Waals surface area contributed by atoms with Crippen molar-refractivity contribution >= 4 is 5.69 Å². The van der Waals surface area contributed by atoms with Crippen LogP contribution in [0.2, 0.25) is 0 Å². The highest BCUT2D eigenvalue weighted by atomic mass is 15.1. The van der Waals surface area contributed by atoms with E-state index in [1.807, 2.05) is 0 Å². The molecule has 2 heteroatoms. The molecule has 19 heavy (non-hydrogen) atoms. The molecule has 1 saturated carbocycles. The average molecular weight is 260 g/mol. The van der Waals surface area contributed by atoms with Crippen LogP contribution in [0.3, 0.4) is 0 Å². The van der Waals surface area contributed by atoms with E-state index in [2.05, 4.69) is 69.3 Å². The lowest BCUT2D eigenvalue weighted by Gasteiger charge is -2.33. The van der Waals surface area contributed by atoms with Crippen molar-refractivity contribution in [2.75, 3.05) is 25.5 Å². The van der Waals surface area contributed by atoms with Gasteiger partial charge in [0.05, 0.1) is 0 Å². The number of rotatable bonds is 4. The van der Waals surface area contributed by atoms with Crippen LogP contribution in [0.15, 0.2) is 24.3 Å². The van der Waals surface area contributed by atoms with Crippen LogP contribution in [-0.4, -0.2) is 26.7 Å². The van der Waals surface area contributed by atoms with Gasteiger partial charge in [-0.2, -0.15) is 0 Å². The summed E-state index contributed by atoms with van der Waals surface area (Å²) in [5.41, 5.74) is 3.15. The molecule has 0 amide bonds. The monoisotopic (exact) mass is 260 g/mol. The van der Waals surface area contributed by atoms with Crippen LogP contribution in [-0.2, 0) is 0 Å². The highest BCUT2D eigenvalue weighted by Crippen LogP contribution is 2.41. The highest BCUT2D eigenvalue weighted by molar-refractivity contribution is 5.52. The maximum Gasteiger partial charge on any atom is 0.0393 e. The second-order valence-electron chi connectivity index (χ2n) is 6.72. The van der Waals surface area contributed by atoms with Gasteiger partial charge in [-0.3, -0.25) is 0 Å². The van der Waals surface area contributed by atoms with E-state index in [0.29, 0.717) is 11.5 Å². The lowest BCUT2D eigenvalue weighted by atomic mass is 9.85. The van der Waals surface area contributed by atoms with E-state index in [4.69, 9.17) is 0 Å². The number of aryl methyl sites for hydroxylation is 1. The molecular formula is C17H28N2. The molecule has 2 unspecified atom stereocenters. The number of hydrogen-bond donors (Lipinski definition) is 1. The van der Waals surface area contributed by atoms with Gasteiger partial charge in [0, 0.05) is 25.3 Å². The van der Waals surface area contributed by atoms with Crippen LogP contribution in [0.25, 0.3) is 0 Å². The predicted molar refractivity (Wildman–Crippen MR) is 83.8 cm³/mol. The summed E-state index contributed by atoms with van der Waals surface area (Å²) in [7, 11) is 4.33. The Morgan fingerprint density at radius 2 is 2.00 bits per heavy atom. The summed E-state index contributed by atoms with van der Waals surface area (Å²) in [5, 5.41) is 3.55. The van der Waals surface area contributed by atoms with Crippen LogP contribution in [0, 0.1) is 18.3 Å². The van der Waals surface area contributed by atoms with Gasteiger partial charge in [0.15, 0.2) is 0 Å². The van der Waals surface area contributed by atoms with Crippen molar-refractivity contribution in [1.82, 2.24) is 5.32 Å². The smallest absolute Gasteiger partial charge is 0.0393 e. The zero-order chi connectivity index (χ0) is 14.0. The zero-order valence-electron chi connectivity index (χ0n) is 13.0. The molecule has 1 aromatic rings. The Bertz CT molecular complexity index is 425. The van der Waals surface area contributed by atoms with Gasteiger partial charge >= 0.3 is 0 Å². The van der Waals surface area contributed by atoms with Gasteiger partial charge < -0.3 is 10.2 Å². The van der Waals surface area contributed by atoms with Crippen molar-refractivity contribution in [3.8, 4) is 0 Å². The Kier molecular flexibility index (Phi) is 4.19. The van der Waals surface area contributed by atoms with Crippen molar-refractivity contribution in [1.29, 1.82) is 0 Å². The normalized spacial score (nSPS) is 25.5. The summed E-state index contributed by atoms with van der Waals surface area (Å²) < 4.78 is 0. The summed E-state index contributed by atoms with van der Waals surface area (Å²) >= 11 is 0. The quantitative estimate of drug-likeness (QED) is 0.892. The van der Waals surface area contributed by atoms with E-state index in [9.17, 15) is 0 Å². The number of nitrogens with one attached hydrogen (secondary N) is 1. The molecule has 0 saturated heterocycles. The summed E-state index contributed by atoms with van der Waals surface area (Å²) in [6.07, 6.45) is 2.65. The molecule has 0 heterocycles. The Labute approximate surface area is 118 Å². The van der Waals surface area contributed by atoms with E-state index >= 15 is 0 Å². The second kappa shape index (κ2) is 5.54. The molecule has 1 fully saturated rings. The molecule has 2 rings (SSSR count). The molecule has 0 aliphatic heterocycles. The van der Waals surface area contributed by atoms with Gasteiger partial charge in [0.25, 0.3) is 0 Å². The molecule has 0 radical (unpaired) electrons. The number of para-hydroxylation sites is 1. The van der Waals surface area contributed by atoms with E-state index in [1.54, 1.807) is 0 Å². The van der Waals surface area contributed by atoms with Crippen LogP contribution >= 0.6 is 0 Å². The number of hydrogen-bond acceptors (Lipinski definition) is 2. The molecule has 0 aromatic heterocycles. The second-order valence-corrected chi connectivity index (χ2v) is 6.72. The summed E-state index contributed by atoms with van der Waals surface area (Å²) in [6.45, 7) is 8.11. The standard InChI is InChI=1S/C17H28N2/c1-13-8-6-7-9-15(13)19(5)12-14-10-11-17(2,3)16(14)18-4/h6-9,14,16,18H,10-12H2,1-5H3. The fraction of sp³-hybridized carbons (Fsp3) is 0.647.